The summed E-state index contributed by atoms with van der Waals surface area (Å²) in [6.07, 6.45) is 0.0952. The minimum absolute atomic E-state index is 0.0204. The van der Waals surface area contributed by atoms with Crippen molar-refractivity contribution in [3.63, 3.8) is 0 Å². The third-order valence-corrected chi connectivity index (χ3v) is 4.60. The highest BCUT2D eigenvalue weighted by atomic mass is 32.2. The number of benzene rings is 1. The monoisotopic (exact) mass is 317 g/mol. The predicted octanol–water partition coefficient (Wildman–Crippen LogP) is -0.344. The second-order valence-corrected chi connectivity index (χ2v) is 7.68. The molecule has 0 fully saturated rings. The van der Waals surface area contributed by atoms with Crippen molar-refractivity contribution in [2.75, 3.05) is 12.3 Å². The number of nitriles is 1. The first kappa shape index (κ1) is 16.6. The largest absolute Gasteiger partial charge is 0.229 e. The van der Waals surface area contributed by atoms with Gasteiger partial charge in [-0.2, -0.15) is 5.26 Å². The molecule has 1 aromatic rings. The molecule has 0 radical (unpaired) electrons. The number of hydrogen-bond donors (Lipinski definition) is 2. The summed E-state index contributed by atoms with van der Waals surface area (Å²) < 4.78 is 47.2. The Morgan fingerprint density at radius 1 is 1.20 bits per heavy atom. The van der Waals surface area contributed by atoms with E-state index in [4.69, 9.17) is 10.4 Å². The van der Waals surface area contributed by atoms with Gasteiger partial charge in [0.2, 0.25) is 20.0 Å². The Morgan fingerprint density at radius 2 is 1.85 bits per heavy atom. The van der Waals surface area contributed by atoms with E-state index in [0.29, 0.717) is 11.1 Å². The summed E-state index contributed by atoms with van der Waals surface area (Å²) >= 11 is 0. The van der Waals surface area contributed by atoms with E-state index in [1.165, 1.54) is 6.07 Å². The smallest absolute Gasteiger partial charge is 0.215 e. The molecule has 20 heavy (non-hydrogen) atoms. The number of nitrogens with one attached hydrogen (secondary N) is 1. The highest BCUT2D eigenvalue weighted by Gasteiger charge is 2.14. The maximum atomic E-state index is 11.8. The normalized spacial score (nSPS) is 12.0. The first-order valence-electron chi connectivity index (χ1n) is 5.69. The lowest BCUT2D eigenvalue weighted by atomic mass is 10.1. The van der Waals surface area contributed by atoms with Gasteiger partial charge in [0.05, 0.1) is 23.1 Å². The Morgan fingerprint density at radius 3 is 2.45 bits per heavy atom. The van der Waals surface area contributed by atoms with Crippen molar-refractivity contribution >= 4 is 20.0 Å². The van der Waals surface area contributed by atoms with E-state index in [1.807, 2.05) is 6.07 Å². The van der Waals surface area contributed by atoms with E-state index in [2.05, 4.69) is 4.72 Å². The maximum absolute atomic E-state index is 11.8. The van der Waals surface area contributed by atoms with E-state index < -0.39 is 20.0 Å². The van der Waals surface area contributed by atoms with Crippen LogP contribution in [0.25, 0.3) is 0 Å². The van der Waals surface area contributed by atoms with Gasteiger partial charge in [-0.25, -0.2) is 26.7 Å². The van der Waals surface area contributed by atoms with Crippen molar-refractivity contribution in [1.82, 2.24) is 4.72 Å². The van der Waals surface area contributed by atoms with Gasteiger partial charge in [0.25, 0.3) is 0 Å². The van der Waals surface area contributed by atoms with Gasteiger partial charge in [-0.3, -0.25) is 0 Å². The fourth-order valence-corrected chi connectivity index (χ4v) is 3.28. The number of sulfonamides is 2. The Labute approximate surface area is 118 Å². The van der Waals surface area contributed by atoms with E-state index in [0.717, 1.165) is 0 Å². The third kappa shape index (κ3) is 6.12. The standard InChI is InChI=1S/C11H15N3O4S2/c12-8-10-4-1-2-5-11(10)9-20(17,18)14-6-3-7-19(13,15)16/h1-2,4-5,14H,3,6-7,9H2,(H2,13,15,16). The van der Waals surface area contributed by atoms with Gasteiger partial charge in [0.15, 0.2) is 0 Å². The van der Waals surface area contributed by atoms with Crippen LogP contribution in [0.2, 0.25) is 0 Å². The Kier molecular flexibility index (Phi) is 5.64. The molecule has 0 saturated carbocycles. The van der Waals surface area contributed by atoms with Gasteiger partial charge in [-0.15, -0.1) is 0 Å². The molecule has 0 bridgehead atoms. The minimum Gasteiger partial charge on any atom is -0.229 e. The summed E-state index contributed by atoms with van der Waals surface area (Å²) in [5.41, 5.74) is 0.691. The molecule has 1 rings (SSSR count). The predicted molar refractivity (Wildman–Crippen MR) is 74.4 cm³/mol. The SMILES string of the molecule is N#Cc1ccccc1CS(=O)(=O)NCCCS(N)(=O)=O. The molecular weight excluding hydrogens is 302 g/mol. The number of nitrogens with two attached hydrogens (primary N) is 1. The molecule has 110 valence electrons. The molecule has 3 N–H and O–H groups in total. The fraction of sp³-hybridized carbons (Fsp3) is 0.364. The van der Waals surface area contributed by atoms with Crippen LogP contribution in [-0.4, -0.2) is 29.1 Å². The van der Waals surface area contributed by atoms with Crippen molar-refractivity contribution in [3.8, 4) is 6.07 Å². The summed E-state index contributed by atoms with van der Waals surface area (Å²) in [6.45, 7) is -0.0204. The third-order valence-electron chi connectivity index (χ3n) is 2.41. The van der Waals surface area contributed by atoms with Crippen LogP contribution in [0, 0.1) is 11.3 Å². The lowest BCUT2D eigenvalue weighted by Crippen LogP contribution is -2.28. The molecule has 0 spiro atoms. The number of hydrogen-bond acceptors (Lipinski definition) is 5. The van der Waals surface area contributed by atoms with E-state index >= 15 is 0 Å². The lowest BCUT2D eigenvalue weighted by Gasteiger charge is -2.07. The molecular formula is C11H15N3O4S2. The molecule has 0 aliphatic rings. The first-order chi connectivity index (χ1) is 9.23. The summed E-state index contributed by atoms with van der Waals surface area (Å²) in [5, 5.41) is 13.7. The maximum Gasteiger partial charge on any atom is 0.215 e. The van der Waals surface area contributed by atoms with Crippen LogP contribution in [0.3, 0.4) is 0 Å². The second kappa shape index (κ2) is 6.81. The molecule has 7 nitrogen and oxygen atoms in total. The van der Waals surface area contributed by atoms with Crippen LogP contribution < -0.4 is 9.86 Å². The second-order valence-electron chi connectivity index (χ2n) is 4.14. The van der Waals surface area contributed by atoms with Gasteiger partial charge < -0.3 is 0 Å². The molecule has 0 unspecified atom stereocenters. The molecule has 0 saturated heterocycles. The van der Waals surface area contributed by atoms with Gasteiger partial charge in [0.1, 0.15) is 0 Å². The molecule has 0 amide bonds. The van der Waals surface area contributed by atoms with Crippen LogP contribution in [0.1, 0.15) is 17.5 Å². The van der Waals surface area contributed by atoms with Gasteiger partial charge in [-0.1, -0.05) is 18.2 Å². The van der Waals surface area contributed by atoms with E-state index in [-0.39, 0.29) is 24.5 Å². The number of rotatable bonds is 7. The van der Waals surface area contributed by atoms with Gasteiger partial charge in [-0.05, 0) is 18.1 Å². The molecule has 0 aliphatic heterocycles. The molecule has 1 aromatic carbocycles. The van der Waals surface area contributed by atoms with Gasteiger partial charge in [0, 0.05) is 6.54 Å². The topological polar surface area (TPSA) is 130 Å². The first-order valence-corrected chi connectivity index (χ1v) is 9.06. The quantitative estimate of drug-likeness (QED) is 0.664. The average molecular weight is 317 g/mol. The van der Waals surface area contributed by atoms with Gasteiger partial charge >= 0.3 is 0 Å². The Bertz CT molecular complexity index is 705. The fourth-order valence-electron chi connectivity index (χ4n) is 1.51. The molecule has 0 aromatic heterocycles. The number of primary sulfonamides is 1. The average Bonchev–Trinajstić information content (AvgIpc) is 2.34. The highest BCUT2D eigenvalue weighted by Crippen LogP contribution is 2.10. The highest BCUT2D eigenvalue weighted by molar-refractivity contribution is 7.89. The van der Waals surface area contributed by atoms with E-state index in [9.17, 15) is 16.8 Å². The van der Waals surface area contributed by atoms with E-state index in [1.54, 1.807) is 18.2 Å². The van der Waals surface area contributed by atoms with Crippen molar-refractivity contribution < 1.29 is 16.8 Å². The van der Waals surface area contributed by atoms with Crippen LogP contribution in [0.15, 0.2) is 24.3 Å². The van der Waals surface area contributed by atoms with Crippen molar-refractivity contribution in [2.45, 2.75) is 12.2 Å². The van der Waals surface area contributed by atoms with Crippen LogP contribution in [0.4, 0.5) is 0 Å². The summed E-state index contributed by atoms with van der Waals surface area (Å²) in [7, 11) is -7.21. The summed E-state index contributed by atoms with van der Waals surface area (Å²) in [5.74, 6) is -0.615. The Balaban J connectivity index is 2.60. The molecule has 0 aliphatic carbocycles. The van der Waals surface area contributed by atoms with Crippen molar-refractivity contribution in [3.05, 3.63) is 35.4 Å². The van der Waals surface area contributed by atoms with Crippen molar-refractivity contribution in [2.24, 2.45) is 5.14 Å². The molecule has 9 heteroatoms. The van der Waals surface area contributed by atoms with Crippen LogP contribution in [-0.2, 0) is 25.8 Å². The minimum atomic E-state index is -3.62. The number of nitrogens with zero attached hydrogens (tertiary/aromatic N) is 1. The lowest BCUT2D eigenvalue weighted by molar-refractivity contribution is 0.576. The zero-order valence-corrected chi connectivity index (χ0v) is 12.2. The van der Waals surface area contributed by atoms with Crippen molar-refractivity contribution in [1.29, 1.82) is 5.26 Å². The molecule has 0 heterocycles. The zero-order chi connectivity index (χ0) is 15.2. The summed E-state index contributed by atoms with van der Waals surface area (Å²) in [4.78, 5) is 0. The Hall–Kier alpha value is -1.47. The van der Waals surface area contributed by atoms with Crippen LogP contribution in [0.5, 0.6) is 0 Å². The molecule has 0 atom stereocenters. The van der Waals surface area contributed by atoms with Crippen LogP contribution >= 0.6 is 0 Å². The summed E-state index contributed by atoms with van der Waals surface area (Å²) in [6, 6.07) is 8.30. The zero-order valence-electron chi connectivity index (χ0n) is 10.6.